The van der Waals surface area contributed by atoms with Crippen LogP contribution in [0.15, 0.2) is 28.7 Å². The first-order chi connectivity index (χ1) is 13.0. The number of carbonyl (C=O) groups is 2. The van der Waals surface area contributed by atoms with Crippen molar-refractivity contribution in [2.24, 2.45) is 5.92 Å². The van der Waals surface area contributed by atoms with Crippen molar-refractivity contribution in [1.82, 2.24) is 9.97 Å². The van der Waals surface area contributed by atoms with Crippen molar-refractivity contribution in [2.75, 3.05) is 21.3 Å². The Balaban J connectivity index is 2.13. The molecule has 0 radical (unpaired) electrons. The molecule has 0 saturated heterocycles. The molecule has 9 heteroatoms. The molecule has 0 aromatic carbocycles. The maximum absolute atomic E-state index is 11.5. The molecule has 2 aromatic rings. The quantitative estimate of drug-likeness (QED) is 0.272. The summed E-state index contributed by atoms with van der Waals surface area (Å²) in [5.74, 6) is -0.233. The molecule has 0 aliphatic heterocycles. The molecule has 0 N–H and O–H groups in total. The van der Waals surface area contributed by atoms with E-state index < -0.39 is 5.97 Å². The number of carbonyl (C=O) groups excluding carboxylic acids is 2. The van der Waals surface area contributed by atoms with Crippen LogP contribution in [-0.4, -0.2) is 49.7 Å². The van der Waals surface area contributed by atoms with Crippen molar-refractivity contribution < 1.29 is 23.8 Å². The van der Waals surface area contributed by atoms with Crippen LogP contribution in [0.2, 0.25) is 0 Å². The number of hydrogen-bond acceptors (Lipinski definition) is 9. The second-order valence-corrected chi connectivity index (χ2v) is 7.14. The average Bonchev–Trinajstić information content (AvgIpc) is 3.35. The number of nitrogens with zero attached hydrogens (tertiary/aromatic N) is 2. The van der Waals surface area contributed by atoms with E-state index >= 15 is 0 Å². The van der Waals surface area contributed by atoms with E-state index in [4.69, 9.17) is 9.47 Å². The number of thiazole rings is 2. The van der Waals surface area contributed by atoms with Gasteiger partial charge < -0.3 is 14.2 Å². The van der Waals surface area contributed by atoms with Gasteiger partial charge in [-0.3, -0.25) is 4.79 Å². The monoisotopic (exact) mass is 408 g/mol. The SMILES string of the molecule is COC(=O)/C=C(/OC)[C@H](C)[C@H](/C=C/c1csc(-c2csc(C=O)n2)n1)OC. The molecule has 0 spiro atoms. The van der Waals surface area contributed by atoms with Crippen LogP contribution in [-0.2, 0) is 19.0 Å². The highest BCUT2D eigenvalue weighted by atomic mass is 32.1. The zero-order chi connectivity index (χ0) is 19.8. The summed E-state index contributed by atoms with van der Waals surface area (Å²) in [5, 5.41) is 4.86. The zero-order valence-corrected chi connectivity index (χ0v) is 17.0. The van der Waals surface area contributed by atoms with Crippen molar-refractivity contribution in [1.29, 1.82) is 0 Å². The Kier molecular flexibility index (Phi) is 7.83. The van der Waals surface area contributed by atoms with Gasteiger partial charge in [0.2, 0.25) is 0 Å². The first-order valence-electron chi connectivity index (χ1n) is 7.93. The molecule has 2 heterocycles. The Morgan fingerprint density at radius 2 is 1.93 bits per heavy atom. The number of aromatic nitrogens is 2. The summed E-state index contributed by atoms with van der Waals surface area (Å²) in [5.41, 5.74) is 1.44. The summed E-state index contributed by atoms with van der Waals surface area (Å²) in [6.45, 7) is 1.89. The van der Waals surface area contributed by atoms with Gasteiger partial charge in [0.1, 0.15) is 16.5 Å². The van der Waals surface area contributed by atoms with E-state index in [1.165, 1.54) is 43.0 Å². The van der Waals surface area contributed by atoms with Gasteiger partial charge in [0, 0.05) is 23.8 Å². The fraction of sp³-hybridized carbons (Fsp3) is 0.333. The third kappa shape index (κ3) is 5.56. The fourth-order valence-electron chi connectivity index (χ4n) is 2.28. The van der Waals surface area contributed by atoms with Gasteiger partial charge in [-0.05, 0) is 6.08 Å². The Bertz CT molecular complexity index is 840. The van der Waals surface area contributed by atoms with E-state index in [0.29, 0.717) is 16.5 Å². The highest BCUT2D eigenvalue weighted by molar-refractivity contribution is 7.14. The molecule has 27 heavy (non-hydrogen) atoms. The van der Waals surface area contributed by atoms with Crippen molar-refractivity contribution in [2.45, 2.75) is 13.0 Å². The van der Waals surface area contributed by atoms with E-state index in [0.717, 1.165) is 17.0 Å². The maximum atomic E-state index is 11.5. The summed E-state index contributed by atoms with van der Waals surface area (Å²) < 4.78 is 15.4. The van der Waals surface area contributed by atoms with Crippen LogP contribution in [0.25, 0.3) is 16.8 Å². The van der Waals surface area contributed by atoms with E-state index in [1.54, 1.807) is 12.5 Å². The maximum Gasteiger partial charge on any atom is 0.333 e. The third-order valence-corrected chi connectivity index (χ3v) is 5.38. The summed E-state index contributed by atoms with van der Waals surface area (Å²) >= 11 is 2.73. The first kappa shape index (κ1) is 20.9. The van der Waals surface area contributed by atoms with Gasteiger partial charge >= 0.3 is 5.97 Å². The van der Waals surface area contributed by atoms with E-state index in [2.05, 4.69) is 14.7 Å². The minimum atomic E-state index is -0.486. The standard InChI is InChI=1S/C18H20N2O5S2/c1-11(15(24-3)7-17(22)25-4)14(23-2)6-5-12-9-27-18(19-12)13-10-26-16(8-21)20-13/h5-11,14H,1-4H3/b6-5+,15-7+/t11-,14+/m1/s1. The van der Waals surface area contributed by atoms with Gasteiger partial charge in [0.05, 0.1) is 32.1 Å². The lowest BCUT2D eigenvalue weighted by molar-refractivity contribution is -0.135. The van der Waals surface area contributed by atoms with Crippen LogP contribution < -0.4 is 0 Å². The third-order valence-electron chi connectivity index (χ3n) is 3.73. The largest absolute Gasteiger partial charge is 0.500 e. The van der Waals surface area contributed by atoms with Crippen LogP contribution >= 0.6 is 22.7 Å². The molecule has 0 fully saturated rings. The van der Waals surface area contributed by atoms with Crippen LogP contribution in [0.1, 0.15) is 22.4 Å². The molecule has 0 aliphatic rings. The van der Waals surface area contributed by atoms with Gasteiger partial charge in [-0.1, -0.05) is 13.0 Å². The minimum Gasteiger partial charge on any atom is -0.500 e. The number of methoxy groups -OCH3 is 3. The van der Waals surface area contributed by atoms with E-state index in [9.17, 15) is 9.59 Å². The van der Waals surface area contributed by atoms with Gasteiger partial charge in [-0.25, -0.2) is 14.8 Å². The Hall–Kier alpha value is -2.36. The Morgan fingerprint density at radius 1 is 1.15 bits per heavy atom. The summed E-state index contributed by atoms with van der Waals surface area (Å²) in [6.07, 6.45) is 5.39. The summed E-state index contributed by atoms with van der Waals surface area (Å²) in [4.78, 5) is 30.9. The Labute approximate surface area is 165 Å². The molecule has 0 aliphatic carbocycles. The topological polar surface area (TPSA) is 87.6 Å². The van der Waals surface area contributed by atoms with Crippen molar-refractivity contribution in [3.05, 3.63) is 39.4 Å². The lowest BCUT2D eigenvalue weighted by atomic mass is 10.0. The Morgan fingerprint density at radius 3 is 2.52 bits per heavy atom. The highest BCUT2D eigenvalue weighted by Crippen LogP contribution is 2.26. The predicted octanol–water partition coefficient (Wildman–Crippen LogP) is 3.45. The fourth-order valence-corrected chi connectivity index (χ4v) is 3.70. The average molecular weight is 409 g/mol. The lowest BCUT2D eigenvalue weighted by Gasteiger charge is -2.21. The van der Waals surface area contributed by atoms with Gasteiger partial charge in [0.25, 0.3) is 0 Å². The van der Waals surface area contributed by atoms with E-state index in [-0.39, 0.29) is 12.0 Å². The molecule has 2 atom stereocenters. The predicted molar refractivity (Wildman–Crippen MR) is 105 cm³/mol. The second-order valence-electron chi connectivity index (χ2n) is 5.39. The number of esters is 1. The molecule has 7 nitrogen and oxygen atoms in total. The van der Waals surface area contributed by atoms with Gasteiger partial charge in [-0.15, -0.1) is 22.7 Å². The lowest BCUT2D eigenvalue weighted by Crippen LogP contribution is -2.21. The molecule has 144 valence electrons. The number of hydrogen-bond donors (Lipinski definition) is 0. The van der Waals surface area contributed by atoms with Crippen LogP contribution in [0.5, 0.6) is 0 Å². The van der Waals surface area contributed by atoms with Crippen LogP contribution in [0, 0.1) is 5.92 Å². The van der Waals surface area contributed by atoms with Crippen molar-refractivity contribution in [3.63, 3.8) is 0 Å². The number of rotatable bonds is 9. The molecule has 2 aromatic heterocycles. The second kappa shape index (κ2) is 10.1. The number of ether oxygens (including phenoxy) is 3. The number of aldehydes is 1. The van der Waals surface area contributed by atoms with Crippen molar-refractivity contribution >= 4 is 41.0 Å². The molecular weight excluding hydrogens is 388 g/mol. The first-order valence-corrected chi connectivity index (χ1v) is 9.69. The summed E-state index contributed by atoms with van der Waals surface area (Å²) in [7, 11) is 4.39. The molecular formula is C18H20N2O5S2. The van der Waals surface area contributed by atoms with E-state index in [1.807, 2.05) is 24.5 Å². The van der Waals surface area contributed by atoms with Crippen LogP contribution in [0.3, 0.4) is 0 Å². The zero-order valence-electron chi connectivity index (χ0n) is 15.4. The summed E-state index contributed by atoms with van der Waals surface area (Å²) in [6, 6.07) is 0. The molecule has 0 unspecified atom stereocenters. The van der Waals surface area contributed by atoms with Gasteiger partial charge in [-0.2, -0.15) is 0 Å². The van der Waals surface area contributed by atoms with Gasteiger partial charge in [0.15, 0.2) is 11.3 Å². The molecule has 0 saturated carbocycles. The smallest absolute Gasteiger partial charge is 0.333 e. The highest BCUT2D eigenvalue weighted by Gasteiger charge is 2.20. The van der Waals surface area contributed by atoms with Crippen molar-refractivity contribution in [3.8, 4) is 10.7 Å². The van der Waals surface area contributed by atoms with Crippen LogP contribution in [0.4, 0.5) is 0 Å². The molecule has 0 amide bonds. The minimum absolute atomic E-state index is 0.206. The molecule has 0 bridgehead atoms. The molecule has 2 rings (SSSR count). The normalized spacial score (nSPS) is 14.1.